The summed E-state index contributed by atoms with van der Waals surface area (Å²) in [6.07, 6.45) is 4.01. The summed E-state index contributed by atoms with van der Waals surface area (Å²) >= 11 is 1.82. The van der Waals surface area contributed by atoms with Crippen LogP contribution in [-0.2, 0) is 13.1 Å². The van der Waals surface area contributed by atoms with Gasteiger partial charge in [0.1, 0.15) is 0 Å². The molecule has 53 heavy (non-hydrogen) atoms. The summed E-state index contributed by atoms with van der Waals surface area (Å²) in [5.74, 6) is 3.66. The van der Waals surface area contributed by atoms with Crippen molar-refractivity contribution in [1.82, 2.24) is 9.88 Å². The van der Waals surface area contributed by atoms with Gasteiger partial charge in [0, 0.05) is 44.0 Å². The molecule has 284 valence electrons. The molecule has 12 heteroatoms. The number of hydrogen-bond donors (Lipinski definition) is 0. The Balaban J connectivity index is 0.00000314. The number of methoxy groups -OCH3 is 6. The van der Waals surface area contributed by atoms with Crippen LogP contribution < -0.4 is 33.3 Å². The minimum atomic E-state index is 0. The summed E-state index contributed by atoms with van der Waals surface area (Å²) in [5, 5.41) is 3.53. The van der Waals surface area contributed by atoms with Crippen molar-refractivity contribution in [2.75, 3.05) is 60.6 Å². The van der Waals surface area contributed by atoms with Crippen molar-refractivity contribution < 1.29 is 28.4 Å². The summed E-state index contributed by atoms with van der Waals surface area (Å²) < 4.78 is 33.7. The number of aryl methyl sites for hydroxylation is 1. The average Bonchev–Trinajstić information content (AvgIpc) is 3.61. The fourth-order valence-corrected chi connectivity index (χ4v) is 8.00. The van der Waals surface area contributed by atoms with Crippen molar-refractivity contribution >= 4 is 41.2 Å². The van der Waals surface area contributed by atoms with E-state index in [2.05, 4.69) is 69.6 Å². The van der Waals surface area contributed by atoms with E-state index in [0.717, 1.165) is 61.4 Å². The normalized spacial score (nSPS) is 13.0. The molecule has 3 aromatic carbocycles. The van der Waals surface area contributed by atoms with Crippen LogP contribution in [0.1, 0.15) is 29.5 Å². The Bertz CT molecular complexity index is 1900. The Hall–Kier alpha value is -4.35. The predicted molar refractivity (Wildman–Crippen MR) is 219 cm³/mol. The number of aromatic nitrogens is 1. The van der Waals surface area contributed by atoms with E-state index < -0.39 is 0 Å². The first-order valence-corrected chi connectivity index (χ1v) is 18.0. The lowest BCUT2D eigenvalue weighted by Gasteiger charge is -2.40. The number of anilines is 1. The van der Waals surface area contributed by atoms with Crippen LogP contribution in [0.3, 0.4) is 0 Å². The highest BCUT2D eigenvalue weighted by atomic mass is 35.5. The smallest absolute Gasteiger partial charge is 0.203 e. The predicted octanol–water partition coefficient (Wildman–Crippen LogP) is 9.35. The van der Waals surface area contributed by atoms with Gasteiger partial charge in [-0.1, -0.05) is 24.3 Å². The molecule has 0 bridgehead atoms. The highest BCUT2D eigenvalue weighted by molar-refractivity contribution is 7.14. The molecule has 6 rings (SSSR count). The molecule has 0 radical (unpaired) electrons. The van der Waals surface area contributed by atoms with Crippen molar-refractivity contribution in [2.45, 2.75) is 38.9 Å². The minimum Gasteiger partial charge on any atom is -0.493 e. The van der Waals surface area contributed by atoms with E-state index in [9.17, 15) is 0 Å². The Kier molecular flexibility index (Phi) is 14.9. The summed E-state index contributed by atoms with van der Waals surface area (Å²) in [5.41, 5.74) is 7.74. The minimum absolute atomic E-state index is 0. The molecule has 5 aromatic rings. The third kappa shape index (κ3) is 9.07. The zero-order chi connectivity index (χ0) is 35.9. The number of thiophene rings is 1. The van der Waals surface area contributed by atoms with Crippen LogP contribution in [0.4, 0.5) is 5.00 Å². The molecule has 0 aliphatic carbocycles. The number of hydrogen-bond acceptors (Lipinski definition) is 10. The lowest BCUT2D eigenvalue weighted by atomic mass is 9.96. The third-order valence-corrected chi connectivity index (χ3v) is 10.7. The quantitative estimate of drug-likeness (QED) is 0.110. The van der Waals surface area contributed by atoms with Crippen molar-refractivity contribution in [3.05, 3.63) is 95.0 Å². The van der Waals surface area contributed by atoms with Gasteiger partial charge in [0.2, 0.25) is 11.5 Å². The Morgan fingerprint density at radius 2 is 1.28 bits per heavy atom. The van der Waals surface area contributed by atoms with E-state index >= 15 is 0 Å². The van der Waals surface area contributed by atoms with E-state index in [1.54, 1.807) is 42.7 Å². The van der Waals surface area contributed by atoms with Gasteiger partial charge in [-0.15, -0.1) is 36.2 Å². The van der Waals surface area contributed by atoms with Crippen LogP contribution in [0.15, 0.2) is 78.3 Å². The van der Waals surface area contributed by atoms with Gasteiger partial charge in [-0.3, -0.25) is 9.88 Å². The van der Waals surface area contributed by atoms with Crippen LogP contribution >= 0.6 is 36.2 Å². The second kappa shape index (κ2) is 19.1. The van der Waals surface area contributed by atoms with Crippen LogP contribution in [0.25, 0.3) is 22.4 Å². The lowest BCUT2D eigenvalue weighted by Crippen LogP contribution is -2.44. The second-order valence-corrected chi connectivity index (χ2v) is 13.5. The molecular formula is C41H49Cl2N3O6S. The number of likely N-dealkylation sites (tertiary alicyclic amines) is 1. The first-order valence-electron chi connectivity index (χ1n) is 17.1. The number of piperidine rings is 1. The Morgan fingerprint density at radius 1 is 0.717 bits per heavy atom. The molecule has 0 spiro atoms. The maximum atomic E-state index is 5.70. The number of nitrogens with zero attached hydrogens (tertiary/aromatic N) is 3. The van der Waals surface area contributed by atoms with Gasteiger partial charge >= 0.3 is 0 Å². The molecule has 9 nitrogen and oxygen atoms in total. The Morgan fingerprint density at radius 3 is 1.81 bits per heavy atom. The number of benzene rings is 3. The van der Waals surface area contributed by atoms with Crippen molar-refractivity contribution in [1.29, 1.82) is 0 Å². The fourth-order valence-electron chi connectivity index (χ4n) is 6.99. The Labute approximate surface area is 329 Å². The van der Waals surface area contributed by atoms with Gasteiger partial charge in [0.15, 0.2) is 23.0 Å². The molecule has 0 unspecified atom stereocenters. The number of halogens is 2. The molecule has 0 saturated carbocycles. The lowest BCUT2D eigenvalue weighted by molar-refractivity contribution is 0.201. The molecule has 1 aliphatic heterocycles. The SMILES string of the molecule is COc1cc(-c2cc(CN3CCC(N(Cc4ccccc4-c4cc(OC)c(OC)c(OC)c4)c4sccc4C)CC3)ccn2)cc(OC)c1OC.Cl.Cl. The highest BCUT2D eigenvalue weighted by Gasteiger charge is 2.28. The second-order valence-electron chi connectivity index (χ2n) is 12.6. The first kappa shape index (κ1) is 41.4. The van der Waals surface area contributed by atoms with Crippen molar-refractivity contribution in [2.24, 2.45) is 0 Å². The van der Waals surface area contributed by atoms with E-state index in [0.29, 0.717) is 40.5 Å². The largest absolute Gasteiger partial charge is 0.493 e. The van der Waals surface area contributed by atoms with Crippen LogP contribution in [-0.4, -0.2) is 71.7 Å². The average molecular weight is 783 g/mol. The van der Waals surface area contributed by atoms with Gasteiger partial charge < -0.3 is 33.3 Å². The zero-order valence-electron chi connectivity index (χ0n) is 31.3. The van der Waals surface area contributed by atoms with E-state index in [-0.39, 0.29) is 24.8 Å². The van der Waals surface area contributed by atoms with E-state index in [1.165, 1.54) is 21.7 Å². The van der Waals surface area contributed by atoms with Gasteiger partial charge in [-0.2, -0.15) is 0 Å². The molecule has 1 aliphatic rings. The monoisotopic (exact) mass is 781 g/mol. The fraction of sp³-hybridized carbons (Fsp3) is 0.341. The summed E-state index contributed by atoms with van der Waals surface area (Å²) in [6, 6.07) is 23.5. The maximum Gasteiger partial charge on any atom is 0.203 e. The van der Waals surface area contributed by atoms with Gasteiger partial charge in [0.05, 0.1) is 53.4 Å². The molecule has 0 atom stereocenters. The zero-order valence-corrected chi connectivity index (χ0v) is 33.8. The van der Waals surface area contributed by atoms with E-state index in [1.807, 2.05) is 41.8 Å². The summed E-state index contributed by atoms with van der Waals surface area (Å²) in [6.45, 7) is 5.87. The van der Waals surface area contributed by atoms with Gasteiger partial charge in [-0.05, 0) is 95.4 Å². The molecule has 2 aromatic heterocycles. The molecule has 1 saturated heterocycles. The van der Waals surface area contributed by atoms with Gasteiger partial charge in [0.25, 0.3) is 0 Å². The highest BCUT2D eigenvalue weighted by Crippen LogP contribution is 2.43. The number of rotatable bonds is 14. The van der Waals surface area contributed by atoms with E-state index in [4.69, 9.17) is 28.4 Å². The van der Waals surface area contributed by atoms with Crippen molar-refractivity contribution in [3.8, 4) is 56.9 Å². The third-order valence-electron chi connectivity index (χ3n) is 9.62. The standard InChI is InChI=1S/C41H47N3O6S.2ClH/c1-27-15-19-51-41(27)44(26-29-10-8-9-11-33(29)30-21-35(45-2)39(49-6)36(22-30)46-3)32-13-17-43(18-14-32)25-28-12-16-42-34(20-28)31-23-37(47-4)40(50-7)38(24-31)48-5;;/h8-12,15-16,19-24,32H,13-14,17-18,25-26H2,1-7H3;2*1H. The molecule has 0 amide bonds. The molecular weight excluding hydrogens is 733 g/mol. The van der Waals surface area contributed by atoms with Crippen LogP contribution in [0.2, 0.25) is 0 Å². The number of ether oxygens (including phenoxy) is 6. The van der Waals surface area contributed by atoms with Crippen molar-refractivity contribution in [3.63, 3.8) is 0 Å². The molecule has 1 fully saturated rings. The molecule has 3 heterocycles. The summed E-state index contributed by atoms with van der Waals surface area (Å²) in [4.78, 5) is 9.86. The number of pyridine rings is 1. The maximum absolute atomic E-state index is 5.70. The van der Waals surface area contributed by atoms with Crippen LogP contribution in [0, 0.1) is 6.92 Å². The topological polar surface area (TPSA) is 74.8 Å². The van der Waals surface area contributed by atoms with Gasteiger partial charge in [-0.25, -0.2) is 0 Å². The summed E-state index contributed by atoms with van der Waals surface area (Å²) in [7, 11) is 9.81. The molecule has 0 N–H and O–H groups in total. The van der Waals surface area contributed by atoms with Crippen LogP contribution in [0.5, 0.6) is 34.5 Å². The first-order chi connectivity index (χ1) is 24.9.